The van der Waals surface area contributed by atoms with E-state index in [0.29, 0.717) is 31.0 Å². The number of carbonyl (C=O) groups is 2. The number of ketones is 1. The van der Waals surface area contributed by atoms with E-state index >= 15 is 0 Å². The molecule has 2 aromatic carbocycles. The summed E-state index contributed by atoms with van der Waals surface area (Å²) in [7, 11) is 0. The van der Waals surface area contributed by atoms with Gasteiger partial charge in [-0.15, -0.1) is 0 Å². The maximum absolute atomic E-state index is 13.3. The largest absolute Gasteiger partial charge is 0.349 e. The number of nitrogens with one attached hydrogen (secondary N) is 2. The van der Waals surface area contributed by atoms with E-state index in [1.807, 2.05) is 30.3 Å². The van der Waals surface area contributed by atoms with Gasteiger partial charge in [0.25, 0.3) is 0 Å². The van der Waals surface area contributed by atoms with E-state index in [0.717, 1.165) is 5.56 Å². The van der Waals surface area contributed by atoms with Crippen LogP contribution in [0, 0.1) is 17.7 Å². The van der Waals surface area contributed by atoms with Crippen molar-refractivity contribution in [2.75, 3.05) is 13.1 Å². The van der Waals surface area contributed by atoms with Crippen molar-refractivity contribution in [3.8, 4) is 0 Å². The topological polar surface area (TPSA) is 78.1 Å². The Morgan fingerprint density at radius 2 is 1.80 bits per heavy atom. The van der Waals surface area contributed by atoms with Crippen LogP contribution in [0.1, 0.15) is 21.7 Å². The highest BCUT2D eigenvalue weighted by Gasteiger charge is 2.41. The second-order valence-electron chi connectivity index (χ2n) is 7.52. The molecule has 0 saturated carbocycles. The predicted octanol–water partition coefficient (Wildman–Crippen LogP) is 2.80. The van der Waals surface area contributed by atoms with Gasteiger partial charge in [-0.25, -0.2) is 9.37 Å². The summed E-state index contributed by atoms with van der Waals surface area (Å²) in [6.07, 6.45) is 3.32. The molecule has 0 spiro atoms. The van der Waals surface area contributed by atoms with E-state index in [1.54, 1.807) is 12.4 Å². The Kier molecular flexibility index (Phi) is 5.99. The van der Waals surface area contributed by atoms with Crippen LogP contribution in [0.25, 0.3) is 0 Å². The molecule has 30 heavy (non-hydrogen) atoms. The summed E-state index contributed by atoms with van der Waals surface area (Å²) in [6, 6.07) is 15.5. The minimum atomic E-state index is -0.490. The molecule has 0 aliphatic carbocycles. The second kappa shape index (κ2) is 9.00. The van der Waals surface area contributed by atoms with Crippen molar-refractivity contribution >= 4 is 11.7 Å². The number of aromatic amines is 1. The summed E-state index contributed by atoms with van der Waals surface area (Å²) in [5.74, 6) is -1.02. The lowest BCUT2D eigenvalue weighted by molar-refractivity contribution is -0.125. The van der Waals surface area contributed by atoms with Crippen LogP contribution in [-0.4, -0.2) is 39.6 Å². The van der Waals surface area contributed by atoms with Gasteiger partial charge in [-0.3, -0.25) is 14.5 Å². The number of halogens is 1. The van der Waals surface area contributed by atoms with Gasteiger partial charge >= 0.3 is 0 Å². The molecule has 0 bridgehead atoms. The molecule has 1 fully saturated rings. The third kappa shape index (κ3) is 4.63. The summed E-state index contributed by atoms with van der Waals surface area (Å²) >= 11 is 0. The van der Waals surface area contributed by atoms with Gasteiger partial charge in [0, 0.05) is 43.5 Å². The number of hydrogen-bond donors (Lipinski definition) is 2. The van der Waals surface area contributed by atoms with E-state index in [9.17, 15) is 14.0 Å². The zero-order valence-corrected chi connectivity index (χ0v) is 16.4. The number of rotatable bonds is 7. The van der Waals surface area contributed by atoms with Gasteiger partial charge < -0.3 is 10.3 Å². The number of benzene rings is 2. The molecule has 6 nitrogen and oxygen atoms in total. The van der Waals surface area contributed by atoms with Crippen molar-refractivity contribution in [1.82, 2.24) is 20.2 Å². The predicted molar refractivity (Wildman–Crippen MR) is 110 cm³/mol. The van der Waals surface area contributed by atoms with E-state index in [2.05, 4.69) is 20.2 Å². The first-order valence-electron chi connectivity index (χ1n) is 9.92. The average molecular weight is 406 g/mol. The molecule has 4 rings (SSSR count). The highest BCUT2D eigenvalue weighted by atomic mass is 19.1. The van der Waals surface area contributed by atoms with E-state index in [1.165, 1.54) is 24.3 Å². The Hall–Kier alpha value is -3.32. The fourth-order valence-electron chi connectivity index (χ4n) is 3.91. The zero-order chi connectivity index (χ0) is 20.9. The van der Waals surface area contributed by atoms with Crippen molar-refractivity contribution in [2.45, 2.75) is 13.1 Å². The number of amides is 1. The number of hydrogen-bond acceptors (Lipinski definition) is 4. The molecule has 2 heterocycles. The van der Waals surface area contributed by atoms with Gasteiger partial charge in [-0.1, -0.05) is 30.3 Å². The fourth-order valence-corrected chi connectivity index (χ4v) is 3.91. The summed E-state index contributed by atoms with van der Waals surface area (Å²) in [6.45, 7) is 1.90. The molecule has 7 heteroatoms. The van der Waals surface area contributed by atoms with Gasteiger partial charge in [0.15, 0.2) is 5.78 Å². The summed E-state index contributed by atoms with van der Waals surface area (Å²) in [5.41, 5.74) is 1.55. The third-order valence-corrected chi connectivity index (χ3v) is 5.43. The molecule has 0 radical (unpaired) electrons. The minimum Gasteiger partial charge on any atom is -0.349 e. The quantitative estimate of drug-likeness (QED) is 0.592. The van der Waals surface area contributed by atoms with Crippen LogP contribution in [0.5, 0.6) is 0 Å². The van der Waals surface area contributed by atoms with E-state index in [-0.39, 0.29) is 18.2 Å². The molecule has 1 saturated heterocycles. The molecule has 1 aliphatic heterocycles. The first kappa shape index (κ1) is 20.0. The van der Waals surface area contributed by atoms with Crippen molar-refractivity contribution in [2.24, 2.45) is 11.8 Å². The van der Waals surface area contributed by atoms with Crippen LogP contribution in [0.15, 0.2) is 67.0 Å². The van der Waals surface area contributed by atoms with Gasteiger partial charge in [0.2, 0.25) is 5.91 Å². The Balaban J connectivity index is 1.51. The Labute approximate surface area is 174 Å². The van der Waals surface area contributed by atoms with Gasteiger partial charge in [-0.2, -0.15) is 0 Å². The maximum atomic E-state index is 13.3. The molecule has 1 aliphatic rings. The monoisotopic (exact) mass is 406 g/mol. The number of Topliss-reactive ketones (excluding diaryl/α,β-unsaturated/α-hetero) is 1. The van der Waals surface area contributed by atoms with Crippen LogP contribution in [0.2, 0.25) is 0 Å². The SMILES string of the molecule is O=C(NCc1ncc[nH]1)[C@@H]1CN(Cc2ccccc2)C[C@H]1C(=O)c1ccc(F)cc1. The second-order valence-corrected chi connectivity index (χ2v) is 7.52. The summed E-state index contributed by atoms with van der Waals surface area (Å²) < 4.78 is 13.3. The highest BCUT2D eigenvalue weighted by Crippen LogP contribution is 2.28. The number of imidazole rings is 1. The Morgan fingerprint density at radius 1 is 1.07 bits per heavy atom. The fraction of sp³-hybridized carbons (Fsp3) is 0.261. The molecule has 3 aromatic rings. The van der Waals surface area contributed by atoms with E-state index < -0.39 is 17.7 Å². The number of H-pyrrole nitrogens is 1. The lowest BCUT2D eigenvalue weighted by atomic mass is 9.88. The zero-order valence-electron chi connectivity index (χ0n) is 16.4. The van der Waals surface area contributed by atoms with Crippen molar-refractivity contribution < 1.29 is 14.0 Å². The first-order chi connectivity index (χ1) is 14.6. The normalized spacial score (nSPS) is 19.0. The van der Waals surface area contributed by atoms with Gasteiger partial charge in [0.05, 0.1) is 12.5 Å². The minimum absolute atomic E-state index is 0.135. The van der Waals surface area contributed by atoms with Crippen molar-refractivity contribution in [3.63, 3.8) is 0 Å². The van der Waals surface area contributed by atoms with Crippen LogP contribution >= 0.6 is 0 Å². The average Bonchev–Trinajstić information content (AvgIpc) is 3.43. The van der Waals surface area contributed by atoms with Crippen LogP contribution in [0.4, 0.5) is 4.39 Å². The standard InChI is InChI=1S/C23H23FN4O2/c24-18-8-6-17(7-9-18)22(29)19-14-28(13-16-4-2-1-3-5-16)15-20(19)23(30)27-12-21-25-10-11-26-21/h1-11,19-20H,12-15H2,(H,25,26)(H,27,30)/t19-,20-/m1/s1. The number of carbonyl (C=O) groups excluding carboxylic acids is 2. The molecule has 2 N–H and O–H groups in total. The molecule has 1 aromatic heterocycles. The van der Waals surface area contributed by atoms with Crippen LogP contribution < -0.4 is 5.32 Å². The maximum Gasteiger partial charge on any atom is 0.225 e. The number of likely N-dealkylation sites (tertiary alicyclic amines) is 1. The first-order valence-corrected chi connectivity index (χ1v) is 9.92. The Bertz CT molecular complexity index is 990. The molecule has 0 unspecified atom stereocenters. The third-order valence-electron chi connectivity index (χ3n) is 5.43. The smallest absolute Gasteiger partial charge is 0.225 e. The lowest BCUT2D eigenvalue weighted by Gasteiger charge is -2.17. The summed E-state index contributed by atoms with van der Waals surface area (Å²) in [5, 5.41) is 2.89. The molecular weight excluding hydrogens is 383 g/mol. The van der Waals surface area contributed by atoms with Crippen LogP contribution in [0.3, 0.4) is 0 Å². The molecular formula is C23H23FN4O2. The van der Waals surface area contributed by atoms with Crippen molar-refractivity contribution in [1.29, 1.82) is 0 Å². The highest BCUT2D eigenvalue weighted by molar-refractivity contribution is 6.01. The molecule has 2 atom stereocenters. The van der Waals surface area contributed by atoms with E-state index in [4.69, 9.17) is 0 Å². The molecule has 1 amide bonds. The lowest BCUT2D eigenvalue weighted by Crippen LogP contribution is -2.37. The summed E-state index contributed by atoms with van der Waals surface area (Å²) in [4.78, 5) is 35.3. The van der Waals surface area contributed by atoms with Gasteiger partial charge in [0.1, 0.15) is 11.6 Å². The van der Waals surface area contributed by atoms with Crippen molar-refractivity contribution in [3.05, 3.63) is 89.8 Å². The number of aromatic nitrogens is 2. The van der Waals surface area contributed by atoms with Crippen LogP contribution in [-0.2, 0) is 17.9 Å². The number of nitrogens with zero attached hydrogens (tertiary/aromatic N) is 2. The molecule has 154 valence electrons. The van der Waals surface area contributed by atoms with Gasteiger partial charge in [-0.05, 0) is 29.8 Å². The Morgan fingerprint density at radius 3 is 2.50 bits per heavy atom.